The number of rotatable bonds is 3. The maximum atomic E-state index is 11.5. The molecule has 0 spiro atoms. The fraction of sp³-hybridized carbons (Fsp3) is 0.500. The Morgan fingerprint density at radius 3 is 2.94 bits per heavy atom. The summed E-state index contributed by atoms with van der Waals surface area (Å²) in [5.41, 5.74) is 2.29. The summed E-state index contributed by atoms with van der Waals surface area (Å²) in [6.45, 7) is 4.23. The van der Waals surface area contributed by atoms with Crippen molar-refractivity contribution >= 4 is 5.78 Å². The van der Waals surface area contributed by atoms with Gasteiger partial charge in [-0.2, -0.15) is 0 Å². The van der Waals surface area contributed by atoms with Gasteiger partial charge in [0, 0.05) is 5.56 Å². The summed E-state index contributed by atoms with van der Waals surface area (Å²) in [7, 11) is 0. The molecule has 1 aliphatic rings. The Bertz CT molecular complexity index is 449. The highest BCUT2D eigenvalue weighted by molar-refractivity contribution is 5.97. The van der Waals surface area contributed by atoms with Crippen LogP contribution in [0, 0.1) is 0 Å². The van der Waals surface area contributed by atoms with Crippen molar-refractivity contribution in [1.29, 1.82) is 0 Å². The molecule has 0 saturated heterocycles. The number of phenols is 1. The summed E-state index contributed by atoms with van der Waals surface area (Å²) < 4.78 is 5.65. The third-order valence-electron chi connectivity index (χ3n) is 3.14. The minimum Gasteiger partial charge on any atom is -0.507 e. The number of ketones is 1. The minimum atomic E-state index is -0.0896. The Morgan fingerprint density at radius 1 is 1.53 bits per heavy atom. The van der Waals surface area contributed by atoms with Gasteiger partial charge in [0.2, 0.25) is 0 Å². The number of fused-ring (bicyclic) bond motifs is 1. The van der Waals surface area contributed by atoms with Crippen molar-refractivity contribution < 1.29 is 14.6 Å². The maximum absolute atomic E-state index is 11.5. The molecule has 1 aliphatic heterocycles. The third kappa shape index (κ3) is 2.14. The van der Waals surface area contributed by atoms with Crippen molar-refractivity contribution in [3.8, 4) is 11.5 Å². The lowest BCUT2D eigenvalue weighted by atomic mass is 9.94. The number of Topliss-reactive ketones (excluding diaryl/α,β-unsaturated/α-hetero) is 1. The first-order valence-corrected chi connectivity index (χ1v) is 6.16. The predicted molar refractivity (Wildman–Crippen MR) is 65.9 cm³/mol. The molecule has 1 N–H and O–H groups in total. The number of carbonyl (C=O) groups excluding carboxylic acids is 1. The molecule has 0 aliphatic carbocycles. The topological polar surface area (TPSA) is 46.5 Å². The first-order chi connectivity index (χ1) is 8.15. The van der Waals surface area contributed by atoms with Crippen molar-refractivity contribution in [1.82, 2.24) is 0 Å². The largest absolute Gasteiger partial charge is 0.507 e. The zero-order valence-electron chi connectivity index (χ0n) is 10.4. The summed E-state index contributed by atoms with van der Waals surface area (Å²) in [6, 6.07) is 1.78. The zero-order valence-corrected chi connectivity index (χ0v) is 10.4. The number of hydrogen-bond donors (Lipinski definition) is 1. The van der Waals surface area contributed by atoms with E-state index in [2.05, 4.69) is 6.92 Å². The van der Waals surface area contributed by atoms with E-state index in [9.17, 15) is 9.90 Å². The van der Waals surface area contributed by atoms with Crippen molar-refractivity contribution in [2.75, 3.05) is 6.61 Å². The fourth-order valence-electron chi connectivity index (χ4n) is 2.32. The average Bonchev–Trinajstić information content (AvgIpc) is 2.32. The van der Waals surface area contributed by atoms with Gasteiger partial charge in [-0.1, -0.05) is 13.3 Å². The van der Waals surface area contributed by atoms with Gasteiger partial charge in [0.15, 0.2) is 5.78 Å². The average molecular weight is 234 g/mol. The lowest BCUT2D eigenvalue weighted by Crippen LogP contribution is -2.12. The Morgan fingerprint density at radius 2 is 2.29 bits per heavy atom. The highest BCUT2D eigenvalue weighted by atomic mass is 16.5. The molecule has 2 rings (SSSR count). The van der Waals surface area contributed by atoms with E-state index in [1.807, 2.05) is 0 Å². The molecule has 0 fully saturated rings. The summed E-state index contributed by atoms with van der Waals surface area (Å²) >= 11 is 0. The van der Waals surface area contributed by atoms with Crippen LogP contribution in [-0.4, -0.2) is 17.5 Å². The number of ether oxygens (including phenoxy) is 1. The molecule has 1 heterocycles. The van der Waals surface area contributed by atoms with E-state index in [0.717, 1.165) is 42.6 Å². The van der Waals surface area contributed by atoms with E-state index in [1.54, 1.807) is 6.07 Å². The van der Waals surface area contributed by atoms with E-state index >= 15 is 0 Å². The third-order valence-corrected chi connectivity index (χ3v) is 3.14. The second kappa shape index (κ2) is 4.78. The predicted octanol–water partition coefficient (Wildman–Crippen LogP) is 2.87. The van der Waals surface area contributed by atoms with Crippen LogP contribution in [0.25, 0.3) is 0 Å². The molecule has 3 heteroatoms. The second-order valence-electron chi connectivity index (χ2n) is 4.50. The molecule has 1 aromatic rings. The van der Waals surface area contributed by atoms with E-state index in [0.29, 0.717) is 12.2 Å². The number of hydrogen-bond acceptors (Lipinski definition) is 3. The second-order valence-corrected chi connectivity index (χ2v) is 4.50. The number of aromatic hydroxyl groups is 1. The molecule has 92 valence electrons. The van der Waals surface area contributed by atoms with Crippen LogP contribution in [0.3, 0.4) is 0 Å². The summed E-state index contributed by atoms with van der Waals surface area (Å²) in [5.74, 6) is 0.828. The highest BCUT2D eigenvalue weighted by Gasteiger charge is 2.22. The number of aryl methyl sites for hydroxylation is 1. The molecule has 0 amide bonds. The van der Waals surface area contributed by atoms with Crippen molar-refractivity contribution in [2.45, 2.75) is 39.5 Å². The molecule has 0 bridgehead atoms. The molecule has 0 unspecified atom stereocenters. The molecule has 3 nitrogen and oxygen atoms in total. The van der Waals surface area contributed by atoms with Gasteiger partial charge in [0.05, 0.1) is 12.2 Å². The molecule has 0 saturated carbocycles. The van der Waals surface area contributed by atoms with Gasteiger partial charge in [0.1, 0.15) is 11.5 Å². The van der Waals surface area contributed by atoms with Crippen LogP contribution in [0.4, 0.5) is 0 Å². The van der Waals surface area contributed by atoms with Gasteiger partial charge < -0.3 is 9.84 Å². The fourth-order valence-corrected chi connectivity index (χ4v) is 2.32. The van der Waals surface area contributed by atoms with Gasteiger partial charge in [-0.25, -0.2) is 0 Å². The Hall–Kier alpha value is -1.51. The molecule has 0 atom stereocenters. The lowest BCUT2D eigenvalue weighted by Gasteiger charge is -2.22. The van der Waals surface area contributed by atoms with Crippen molar-refractivity contribution in [3.05, 3.63) is 22.8 Å². The molecule has 0 aromatic heterocycles. The SMILES string of the molecule is CCCc1c(O)c(C(C)=O)cc2c1OCCC2. The minimum absolute atomic E-state index is 0.0896. The van der Waals surface area contributed by atoms with Crippen molar-refractivity contribution in [2.24, 2.45) is 0 Å². The zero-order chi connectivity index (χ0) is 12.4. The van der Waals surface area contributed by atoms with Crippen LogP contribution in [-0.2, 0) is 12.8 Å². The molecular formula is C14H18O3. The number of carbonyl (C=O) groups is 1. The maximum Gasteiger partial charge on any atom is 0.163 e. The summed E-state index contributed by atoms with van der Waals surface area (Å²) in [4.78, 5) is 11.5. The van der Waals surface area contributed by atoms with Crippen LogP contribution in [0.15, 0.2) is 6.07 Å². The number of benzene rings is 1. The van der Waals surface area contributed by atoms with Gasteiger partial charge in [-0.3, -0.25) is 4.79 Å². The molecule has 0 radical (unpaired) electrons. The molecule has 1 aromatic carbocycles. The van der Waals surface area contributed by atoms with Crippen LogP contribution < -0.4 is 4.74 Å². The summed E-state index contributed by atoms with van der Waals surface area (Å²) in [6.07, 6.45) is 3.56. The normalized spacial score (nSPS) is 14.0. The Labute approximate surface area is 101 Å². The quantitative estimate of drug-likeness (QED) is 0.818. The Balaban J connectivity index is 2.60. The first-order valence-electron chi connectivity index (χ1n) is 6.16. The Kier molecular flexibility index (Phi) is 3.36. The first kappa shape index (κ1) is 12.0. The summed E-state index contributed by atoms with van der Waals surface area (Å²) in [5, 5.41) is 10.1. The van der Waals surface area contributed by atoms with Crippen LogP contribution in [0.1, 0.15) is 48.2 Å². The van der Waals surface area contributed by atoms with E-state index in [1.165, 1.54) is 6.92 Å². The highest BCUT2D eigenvalue weighted by Crippen LogP contribution is 2.38. The van der Waals surface area contributed by atoms with E-state index in [-0.39, 0.29) is 11.5 Å². The monoisotopic (exact) mass is 234 g/mol. The van der Waals surface area contributed by atoms with Gasteiger partial charge in [-0.05, 0) is 37.8 Å². The smallest absolute Gasteiger partial charge is 0.163 e. The standard InChI is InChI=1S/C14H18O3/c1-3-5-11-13(16)12(9(2)15)8-10-6-4-7-17-14(10)11/h8,16H,3-7H2,1-2H3. The van der Waals surface area contributed by atoms with Crippen LogP contribution in [0.5, 0.6) is 11.5 Å². The van der Waals surface area contributed by atoms with Gasteiger partial charge in [0.25, 0.3) is 0 Å². The molecular weight excluding hydrogens is 216 g/mol. The van der Waals surface area contributed by atoms with E-state index < -0.39 is 0 Å². The van der Waals surface area contributed by atoms with E-state index in [4.69, 9.17) is 4.74 Å². The van der Waals surface area contributed by atoms with Crippen molar-refractivity contribution in [3.63, 3.8) is 0 Å². The number of phenolic OH excluding ortho intramolecular Hbond substituents is 1. The van der Waals surface area contributed by atoms with Crippen LogP contribution >= 0.6 is 0 Å². The van der Waals surface area contributed by atoms with Gasteiger partial charge in [-0.15, -0.1) is 0 Å². The lowest BCUT2D eigenvalue weighted by molar-refractivity contribution is 0.101. The van der Waals surface area contributed by atoms with Crippen LogP contribution in [0.2, 0.25) is 0 Å². The molecule has 17 heavy (non-hydrogen) atoms. The van der Waals surface area contributed by atoms with Gasteiger partial charge >= 0.3 is 0 Å².